The molecule has 0 saturated carbocycles. The van der Waals surface area contributed by atoms with E-state index in [4.69, 9.17) is 0 Å². The molecule has 0 heterocycles. The Morgan fingerprint density at radius 1 is 1.00 bits per heavy atom. The Morgan fingerprint density at radius 3 is 2.24 bits per heavy atom. The van der Waals surface area contributed by atoms with E-state index >= 15 is 0 Å². The lowest BCUT2D eigenvalue weighted by atomic mass is 10.1. The van der Waals surface area contributed by atoms with E-state index < -0.39 is 0 Å². The van der Waals surface area contributed by atoms with Crippen molar-refractivity contribution in [2.75, 3.05) is 11.9 Å². The summed E-state index contributed by atoms with van der Waals surface area (Å²) in [6.07, 6.45) is 0. The summed E-state index contributed by atoms with van der Waals surface area (Å²) in [6, 6.07) is 14.4. The van der Waals surface area contributed by atoms with Gasteiger partial charge in [0.25, 0.3) is 5.91 Å². The molecular formula is C16H15BrN2O2. The molecule has 2 aromatic rings. The van der Waals surface area contributed by atoms with E-state index in [2.05, 4.69) is 26.6 Å². The van der Waals surface area contributed by atoms with Crippen LogP contribution in [0.1, 0.15) is 15.9 Å². The van der Waals surface area contributed by atoms with Crippen LogP contribution in [0.5, 0.6) is 0 Å². The van der Waals surface area contributed by atoms with Crippen LogP contribution in [0.4, 0.5) is 5.69 Å². The Kier molecular flexibility index (Phi) is 5.11. The van der Waals surface area contributed by atoms with Crippen molar-refractivity contribution in [2.24, 2.45) is 0 Å². The highest BCUT2D eigenvalue weighted by Crippen LogP contribution is 2.13. The summed E-state index contributed by atoms with van der Waals surface area (Å²) in [6.45, 7) is 1.89. The Balaban J connectivity index is 1.84. The van der Waals surface area contributed by atoms with Crippen molar-refractivity contribution in [3.05, 3.63) is 64.1 Å². The van der Waals surface area contributed by atoms with E-state index in [0.29, 0.717) is 11.3 Å². The highest BCUT2D eigenvalue weighted by molar-refractivity contribution is 9.10. The van der Waals surface area contributed by atoms with Crippen LogP contribution in [0.15, 0.2) is 53.0 Å². The smallest absolute Gasteiger partial charge is 0.251 e. The van der Waals surface area contributed by atoms with Crippen LogP contribution in [0.3, 0.4) is 0 Å². The van der Waals surface area contributed by atoms with Gasteiger partial charge >= 0.3 is 0 Å². The lowest BCUT2D eigenvalue weighted by Crippen LogP contribution is -2.32. The normalized spacial score (nSPS) is 10.0. The zero-order chi connectivity index (χ0) is 15.2. The lowest BCUT2D eigenvalue weighted by Gasteiger charge is -2.07. The highest BCUT2D eigenvalue weighted by Gasteiger charge is 2.07. The van der Waals surface area contributed by atoms with E-state index in [0.717, 1.165) is 10.0 Å². The molecule has 21 heavy (non-hydrogen) atoms. The second-order valence-electron chi connectivity index (χ2n) is 4.60. The standard InChI is InChI=1S/C16H15BrN2O2/c1-11-2-4-12(5-3-11)16(21)18-10-15(20)19-14-8-6-13(17)7-9-14/h2-9H,10H2,1H3,(H,18,21)(H,19,20). The van der Waals surface area contributed by atoms with Gasteiger partial charge in [0.05, 0.1) is 6.54 Å². The van der Waals surface area contributed by atoms with Gasteiger partial charge in [-0.2, -0.15) is 0 Å². The number of anilines is 1. The Hall–Kier alpha value is -2.14. The van der Waals surface area contributed by atoms with Crippen LogP contribution in [-0.4, -0.2) is 18.4 Å². The van der Waals surface area contributed by atoms with Crippen molar-refractivity contribution in [3.63, 3.8) is 0 Å². The third-order valence-electron chi connectivity index (χ3n) is 2.85. The average Bonchev–Trinajstić information content (AvgIpc) is 2.48. The first kappa shape index (κ1) is 15.3. The van der Waals surface area contributed by atoms with E-state index in [1.165, 1.54) is 0 Å². The maximum atomic E-state index is 11.9. The molecule has 2 rings (SSSR count). The zero-order valence-corrected chi connectivity index (χ0v) is 13.1. The number of rotatable bonds is 4. The molecule has 0 unspecified atom stereocenters. The molecule has 0 saturated heterocycles. The Bertz CT molecular complexity index is 636. The molecule has 0 radical (unpaired) electrons. The van der Waals surface area contributed by atoms with E-state index in [1.54, 1.807) is 24.3 Å². The van der Waals surface area contributed by atoms with Crippen LogP contribution in [0, 0.1) is 6.92 Å². The van der Waals surface area contributed by atoms with Gasteiger partial charge in [0.15, 0.2) is 0 Å². The van der Waals surface area contributed by atoms with E-state index in [1.807, 2.05) is 31.2 Å². The second-order valence-corrected chi connectivity index (χ2v) is 5.52. The van der Waals surface area contributed by atoms with E-state index in [9.17, 15) is 9.59 Å². The van der Waals surface area contributed by atoms with Gasteiger partial charge in [-0.15, -0.1) is 0 Å². The monoisotopic (exact) mass is 346 g/mol. The number of nitrogens with one attached hydrogen (secondary N) is 2. The largest absolute Gasteiger partial charge is 0.343 e. The Morgan fingerprint density at radius 2 is 1.62 bits per heavy atom. The second kappa shape index (κ2) is 7.04. The minimum Gasteiger partial charge on any atom is -0.343 e. The number of amides is 2. The van der Waals surface area contributed by atoms with Crippen molar-refractivity contribution < 1.29 is 9.59 Å². The van der Waals surface area contributed by atoms with E-state index in [-0.39, 0.29) is 18.4 Å². The van der Waals surface area contributed by atoms with Gasteiger partial charge in [-0.05, 0) is 43.3 Å². The summed E-state index contributed by atoms with van der Waals surface area (Å²) in [5.41, 5.74) is 2.31. The molecule has 0 atom stereocenters. The third-order valence-corrected chi connectivity index (χ3v) is 3.38. The number of aryl methyl sites for hydroxylation is 1. The molecule has 0 fully saturated rings. The summed E-state index contributed by atoms with van der Waals surface area (Å²) in [5, 5.41) is 5.30. The van der Waals surface area contributed by atoms with Crippen LogP contribution in [-0.2, 0) is 4.79 Å². The molecule has 108 valence electrons. The fraction of sp³-hybridized carbons (Fsp3) is 0.125. The SMILES string of the molecule is Cc1ccc(C(=O)NCC(=O)Nc2ccc(Br)cc2)cc1. The summed E-state index contributed by atoms with van der Waals surface area (Å²) in [4.78, 5) is 23.6. The molecule has 0 bridgehead atoms. The third kappa shape index (κ3) is 4.72. The van der Waals surface area contributed by atoms with Gasteiger partial charge in [0.2, 0.25) is 5.91 Å². The fourth-order valence-corrected chi connectivity index (χ4v) is 1.97. The first-order valence-electron chi connectivity index (χ1n) is 6.45. The summed E-state index contributed by atoms with van der Waals surface area (Å²) in [5.74, 6) is -0.529. The minimum absolute atomic E-state index is 0.0667. The number of halogens is 1. The zero-order valence-electron chi connectivity index (χ0n) is 11.5. The first-order chi connectivity index (χ1) is 10.0. The molecule has 0 aliphatic rings. The van der Waals surface area contributed by atoms with Crippen LogP contribution in [0.2, 0.25) is 0 Å². The predicted octanol–water partition coefficient (Wildman–Crippen LogP) is 3.13. The quantitative estimate of drug-likeness (QED) is 0.893. The van der Waals surface area contributed by atoms with Gasteiger partial charge in [-0.1, -0.05) is 33.6 Å². The van der Waals surface area contributed by atoms with Crippen molar-refractivity contribution >= 4 is 33.4 Å². The molecule has 5 heteroatoms. The average molecular weight is 347 g/mol. The number of hydrogen-bond donors (Lipinski definition) is 2. The summed E-state index contributed by atoms with van der Waals surface area (Å²) < 4.78 is 0.938. The number of carbonyl (C=O) groups is 2. The van der Waals surface area contributed by atoms with Crippen molar-refractivity contribution in [1.29, 1.82) is 0 Å². The Labute approximate surface area is 131 Å². The number of benzene rings is 2. The van der Waals surface area contributed by atoms with Crippen molar-refractivity contribution in [1.82, 2.24) is 5.32 Å². The van der Waals surface area contributed by atoms with Crippen molar-refractivity contribution in [3.8, 4) is 0 Å². The molecule has 2 amide bonds. The fourth-order valence-electron chi connectivity index (χ4n) is 1.71. The van der Waals surface area contributed by atoms with Gasteiger partial charge < -0.3 is 10.6 Å². The minimum atomic E-state index is -0.266. The maximum absolute atomic E-state index is 11.9. The molecule has 0 aliphatic carbocycles. The van der Waals surface area contributed by atoms with Gasteiger partial charge in [0, 0.05) is 15.7 Å². The van der Waals surface area contributed by atoms with Crippen LogP contribution in [0.25, 0.3) is 0 Å². The molecule has 0 aromatic heterocycles. The molecule has 4 nitrogen and oxygen atoms in total. The predicted molar refractivity (Wildman–Crippen MR) is 86.3 cm³/mol. The maximum Gasteiger partial charge on any atom is 0.251 e. The highest BCUT2D eigenvalue weighted by atomic mass is 79.9. The molecule has 0 spiro atoms. The van der Waals surface area contributed by atoms with Gasteiger partial charge in [0.1, 0.15) is 0 Å². The molecular weight excluding hydrogens is 332 g/mol. The summed E-state index contributed by atoms with van der Waals surface area (Å²) in [7, 11) is 0. The molecule has 2 N–H and O–H groups in total. The number of carbonyl (C=O) groups excluding carboxylic acids is 2. The molecule has 0 aliphatic heterocycles. The van der Waals surface area contributed by atoms with Crippen molar-refractivity contribution in [2.45, 2.75) is 6.92 Å². The van der Waals surface area contributed by atoms with Crippen LogP contribution >= 0.6 is 15.9 Å². The summed E-state index contributed by atoms with van der Waals surface area (Å²) >= 11 is 3.32. The lowest BCUT2D eigenvalue weighted by molar-refractivity contribution is -0.115. The molecule has 2 aromatic carbocycles. The topological polar surface area (TPSA) is 58.2 Å². The van der Waals surface area contributed by atoms with Crippen LogP contribution < -0.4 is 10.6 Å². The van der Waals surface area contributed by atoms with Gasteiger partial charge in [-0.25, -0.2) is 0 Å². The van der Waals surface area contributed by atoms with Gasteiger partial charge in [-0.3, -0.25) is 9.59 Å². The number of hydrogen-bond acceptors (Lipinski definition) is 2. The first-order valence-corrected chi connectivity index (χ1v) is 7.24.